The first-order valence-corrected chi connectivity index (χ1v) is 10.7. The third-order valence-corrected chi connectivity index (χ3v) is 6.17. The number of aromatic nitrogens is 4. The number of ether oxygens (including phenoxy) is 1. The number of morpholine rings is 1. The van der Waals surface area contributed by atoms with Crippen molar-refractivity contribution in [3.8, 4) is 0 Å². The van der Waals surface area contributed by atoms with Crippen LogP contribution in [0, 0.1) is 0 Å². The summed E-state index contributed by atoms with van der Waals surface area (Å²) < 4.78 is 46.2. The standard InChI is InChI=1S/C21H22F3N7O3/c1-29-10-12(21(22,23)24)8-14(19(29)32)28-20(33)31-6-7-34-16-11-30(5-3-15(16)31)17-9-26-18-13(27-17)2-4-25-18/h2,4,8-10,15-16H,3,5-7,11H2,1H3,(H,25,26)(H,28,33)/t15-,16-/m0/s1. The van der Waals surface area contributed by atoms with Gasteiger partial charge in [-0.05, 0) is 18.6 Å². The van der Waals surface area contributed by atoms with Crippen molar-refractivity contribution in [1.82, 2.24) is 24.4 Å². The van der Waals surface area contributed by atoms with E-state index in [0.29, 0.717) is 43.2 Å². The van der Waals surface area contributed by atoms with Crippen molar-refractivity contribution in [2.75, 3.05) is 36.5 Å². The minimum atomic E-state index is -4.64. The van der Waals surface area contributed by atoms with Crippen LogP contribution >= 0.6 is 0 Å². The molecule has 2 amide bonds. The molecule has 5 rings (SSSR count). The lowest BCUT2D eigenvalue weighted by atomic mass is 9.98. The Morgan fingerprint density at radius 2 is 2.15 bits per heavy atom. The number of fused-ring (bicyclic) bond motifs is 2. The van der Waals surface area contributed by atoms with Crippen LogP contribution in [0.25, 0.3) is 11.2 Å². The zero-order valence-corrected chi connectivity index (χ0v) is 18.2. The predicted molar refractivity (Wildman–Crippen MR) is 117 cm³/mol. The zero-order chi connectivity index (χ0) is 24.0. The van der Waals surface area contributed by atoms with Gasteiger partial charge in [0.15, 0.2) is 5.65 Å². The van der Waals surface area contributed by atoms with Crippen molar-refractivity contribution in [3.05, 3.63) is 46.6 Å². The number of hydrogen-bond acceptors (Lipinski definition) is 6. The number of nitrogens with zero attached hydrogens (tertiary/aromatic N) is 5. The Bertz CT molecular complexity index is 1290. The summed E-state index contributed by atoms with van der Waals surface area (Å²) >= 11 is 0. The van der Waals surface area contributed by atoms with Crippen molar-refractivity contribution in [3.63, 3.8) is 0 Å². The van der Waals surface area contributed by atoms with E-state index in [0.717, 1.165) is 10.1 Å². The highest BCUT2D eigenvalue weighted by atomic mass is 19.4. The van der Waals surface area contributed by atoms with E-state index in [1.165, 1.54) is 11.9 Å². The molecule has 0 radical (unpaired) electrons. The van der Waals surface area contributed by atoms with Crippen molar-refractivity contribution in [2.24, 2.45) is 7.05 Å². The summed E-state index contributed by atoms with van der Waals surface area (Å²) in [5.41, 5.74) is -0.722. The lowest BCUT2D eigenvalue weighted by Crippen LogP contribution is -2.61. The van der Waals surface area contributed by atoms with E-state index < -0.39 is 29.0 Å². The van der Waals surface area contributed by atoms with Gasteiger partial charge in [0.2, 0.25) is 0 Å². The number of piperidine rings is 1. The maximum absolute atomic E-state index is 13.2. The summed E-state index contributed by atoms with van der Waals surface area (Å²) in [6, 6.07) is 1.58. The van der Waals surface area contributed by atoms with Crippen LogP contribution in [0.15, 0.2) is 35.5 Å². The highest BCUT2D eigenvalue weighted by Gasteiger charge is 2.40. The highest BCUT2D eigenvalue weighted by Crippen LogP contribution is 2.30. The van der Waals surface area contributed by atoms with E-state index >= 15 is 0 Å². The van der Waals surface area contributed by atoms with Gasteiger partial charge in [0.1, 0.15) is 17.0 Å². The van der Waals surface area contributed by atoms with Crippen LogP contribution in [0.1, 0.15) is 12.0 Å². The quantitative estimate of drug-likeness (QED) is 0.586. The van der Waals surface area contributed by atoms with Crippen LogP contribution in [-0.2, 0) is 18.0 Å². The number of rotatable bonds is 2. The normalized spacial score (nSPS) is 20.9. The Kier molecular flexibility index (Phi) is 5.42. The van der Waals surface area contributed by atoms with Gasteiger partial charge >= 0.3 is 12.2 Å². The third-order valence-electron chi connectivity index (χ3n) is 6.17. The fraction of sp³-hybridized carbons (Fsp3) is 0.429. The van der Waals surface area contributed by atoms with Crippen molar-refractivity contribution >= 4 is 28.7 Å². The second-order valence-corrected chi connectivity index (χ2v) is 8.33. The minimum absolute atomic E-state index is 0.265. The number of nitrogens with one attached hydrogen (secondary N) is 2. The number of alkyl halides is 3. The Morgan fingerprint density at radius 3 is 2.94 bits per heavy atom. The first-order valence-electron chi connectivity index (χ1n) is 10.7. The number of pyridine rings is 1. The van der Waals surface area contributed by atoms with E-state index in [1.54, 1.807) is 12.4 Å². The van der Waals surface area contributed by atoms with Crippen molar-refractivity contribution < 1.29 is 22.7 Å². The second-order valence-electron chi connectivity index (χ2n) is 8.33. The van der Waals surface area contributed by atoms with Crippen LogP contribution in [0.4, 0.5) is 29.5 Å². The van der Waals surface area contributed by atoms with E-state index in [9.17, 15) is 22.8 Å². The largest absolute Gasteiger partial charge is 0.417 e. The molecule has 0 unspecified atom stereocenters. The number of urea groups is 1. The molecular formula is C21H22F3N7O3. The number of anilines is 2. The monoisotopic (exact) mass is 477 g/mol. The second kappa shape index (κ2) is 8.31. The fourth-order valence-corrected chi connectivity index (χ4v) is 4.47. The molecular weight excluding hydrogens is 455 g/mol. The molecule has 2 aliphatic rings. The lowest BCUT2D eigenvalue weighted by molar-refractivity contribution is -0.138. The maximum atomic E-state index is 13.2. The van der Waals surface area contributed by atoms with Crippen LogP contribution in [0.2, 0.25) is 0 Å². The highest BCUT2D eigenvalue weighted by molar-refractivity contribution is 5.89. The molecule has 0 saturated carbocycles. The SMILES string of the molecule is Cn1cc(C(F)(F)F)cc(NC(=O)N2CCO[C@H]3CN(c4cnc5[nH]ccc5n4)CC[C@@H]32)c1=O. The Morgan fingerprint density at radius 1 is 1.32 bits per heavy atom. The van der Waals surface area contributed by atoms with E-state index in [2.05, 4.69) is 20.3 Å². The minimum Gasteiger partial charge on any atom is -0.372 e. The van der Waals surface area contributed by atoms with Crippen LogP contribution in [0.5, 0.6) is 0 Å². The van der Waals surface area contributed by atoms with E-state index in [4.69, 9.17) is 4.74 Å². The number of aromatic amines is 1. The summed E-state index contributed by atoms with van der Waals surface area (Å²) in [4.78, 5) is 40.9. The fourth-order valence-electron chi connectivity index (χ4n) is 4.47. The molecule has 2 aliphatic heterocycles. The molecule has 0 bridgehead atoms. The summed E-state index contributed by atoms with van der Waals surface area (Å²) in [6.07, 6.45) is -0.262. The van der Waals surface area contributed by atoms with Gasteiger partial charge in [0.05, 0.1) is 30.5 Å². The summed E-state index contributed by atoms with van der Waals surface area (Å²) in [6.45, 7) is 1.60. The summed E-state index contributed by atoms with van der Waals surface area (Å²) in [5, 5.41) is 2.39. The molecule has 0 aromatic carbocycles. The van der Waals surface area contributed by atoms with Crippen molar-refractivity contribution in [1.29, 1.82) is 0 Å². The van der Waals surface area contributed by atoms with Crippen LogP contribution in [-0.4, -0.2) is 68.8 Å². The molecule has 2 fully saturated rings. The number of amides is 2. The maximum Gasteiger partial charge on any atom is 0.417 e. The zero-order valence-electron chi connectivity index (χ0n) is 18.2. The van der Waals surface area contributed by atoms with Crippen molar-refractivity contribution in [2.45, 2.75) is 24.7 Å². The molecule has 2 atom stereocenters. The number of hydrogen-bond donors (Lipinski definition) is 2. The van der Waals surface area contributed by atoms with Gasteiger partial charge in [-0.3, -0.25) is 4.79 Å². The smallest absolute Gasteiger partial charge is 0.372 e. The van der Waals surface area contributed by atoms with Gasteiger partial charge in [0.25, 0.3) is 5.56 Å². The Balaban J connectivity index is 1.32. The number of aryl methyl sites for hydroxylation is 1. The Hall–Kier alpha value is -3.61. The van der Waals surface area contributed by atoms with Gasteiger partial charge in [-0.2, -0.15) is 13.2 Å². The first kappa shape index (κ1) is 22.2. The first-order chi connectivity index (χ1) is 16.2. The van der Waals surface area contributed by atoms with Gasteiger partial charge in [-0.1, -0.05) is 0 Å². The average Bonchev–Trinajstić information content (AvgIpc) is 3.28. The van der Waals surface area contributed by atoms with Gasteiger partial charge in [0, 0.05) is 39.1 Å². The molecule has 3 aromatic rings. The molecule has 34 heavy (non-hydrogen) atoms. The molecule has 3 aromatic heterocycles. The van der Waals surface area contributed by atoms with Gasteiger partial charge in [-0.15, -0.1) is 0 Å². The Labute approximate surface area is 191 Å². The molecule has 0 aliphatic carbocycles. The summed E-state index contributed by atoms with van der Waals surface area (Å²) in [5.74, 6) is 0.697. The van der Waals surface area contributed by atoms with E-state index in [-0.39, 0.29) is 25.3 Å². The third kappa shape index (κ3) is 4.06. The van der Waals surface area contributed by atoms with Gasteiger partial charge < -0.3 is 29.4 Å². The number of H-pyrrole nitrogens is 1. The number of carbonyl (C=O) groups is 1. The number of halogens is 3. The average molecular weight is 477 g/mol. The topological polar surface area (TPSA) is 108 Å². The van der Waals surface area contributed by atoms with Crippen LogP contribution < -0.4 is 15.8 Å². The molecule has 0 spiro atoms. The lowest BCUT2D eigenvalue weighted by Gasteiger charge is -2.46. The molecule has 5 heterocycles. The number of carbonyl (C=O) groups excluding carboxylic acids is 1. The van der Waals surface area contributed by atoms with Crippen LogP contribution in [0.3, 0.4) is 0 Å². The molecule has 180 valence electrons. The molecule has 13 heteroatoms. The van der Waals surface area contributed by atoms with Gasteiger partial charge in [-0.25, -0.2) is 14.8 Å². The molecule has 2 saturated heterocycles. The molecule has 2 N–H and O–H groups in total. The predicted octanol–water partition coefficient (Wildman–Crippen LogP) is 2.19. The van der Waals surface area contributed by atoms with E-state index in [1.807, 2.05) is 11.0 Å². The summed E-state index contributed by atoms with van der Waals surface area (Å²) in [7, 11) is 1.21. The molecule has 10 nitrogen and oxygen atoms in total.